The zero-order valence-electron chi connectivity index (χ0n) is 41.1. The zero-order chi connectivity index (χ0) is 46.7. The van der Waals surface area contributed by atoms with Gasteiger partial charge in [0, 0.05) is 31.2 Å². The third-order valence-electron chi connectivity index (χ3n) is 11.4. The molecule has 0 radical (unpaired) electrons. The Morgan fingerprint density at radius 2 is 1.41 bits per heavy atom. The molecule has 6 aromatic carbocycles. The van der Waals surface area contributed by atoms with Gasteiger partial charge >= 0.3 is 0 Å². The molecule has 0 fully saturated rings. The van der Waals surface area contributed by atoms with Crippen molar-refractivity contribution in [1.29, 1.82) is 0 Å². The van der Waals surface area contributed by atoms with Crippen LogP contribution in [0.5, 0.6) is 5.75 Å². The molecule has 8 aromatic rings. The number of benzene rings is 6. The Bertz CT molecular complexity index is 3060. The minimum absolute atomic E-state index is 0.0251. The van der Waals surface area contributed by atoms with Gasteiger partial charge in [-0.25, -0.2) is 4.98 Å². The van der Waals surface area contributed by atoms with Crippen molar-refractivity contribution in [3.8, 4) is 67.5 Å². The van der Waals surface area contributed by atoms with Gasteiger partial charge in [-0.3, -0.25) is 9.55 Å². The molecular formula is C55H55N3O. The maximum atomic E-state index is 12.3. The van der Waals surface area contributed by atoms with Crippen molar-refractivity contribution in [2.45, 2.75) is 86.3 Å². The summed E-state index contributed by atoms with van der Waals surface area (Å²) in [6.07, 6.45) is 1.85. The van der Waals surface area contributed by atoms with Crippen LogP contribution >= 0.6 is 0 Å². The predicted octanol–water partition coefficient (Wildman–Crippen LogP) is 14.9. The van der Waals surface area contributed by atoms with Crippen molar-refractivity contribution < 1.29 is 13.3 Å². The summed E-state index contributed by atoms with van der Waals surface area (Å²) in [5.41, 5.74) is 12.0. The highest BCUT2D eigenvalue weighted by Crippen LogP contribution is 2.44. The van der Waals surface area contributed by atoms with E-state index in [4.69, 9.17) is 18.2 Å². The first kappa shape index (κ1) is 32.7. The third-order valence-corrected chi connectivity index (χ3v) is 11.4. The fraction of sp³-hybridized carbons (Fsp3) is 0.236. The van der Waals surface area contributed by atoms with E-state index in [1.165, 1.54) is 11.6 Å². The second-order valence-electron chi connectivity index (χ2n) is 17.4. The van der Waals surface area contributed by atoms with E-state index < -0.39 is 13.7 Å². The van der Waals surface area contributed by atoms with Crippen LogP contribution in [0.3, 0.4) is 0 Å². The number of aromatic hydroxyl groups is 1. The van der Waals surface area contributed by atoms with Crippen LogP contribution in [0.25, 0.3) is 72.7 Å². The summed E-state index contributed by atoms with van der Waals surface area (Å²) >= 11 is 0. The van der Waals surface area contributed by atoms with Crippen molar-refractivity contribution in [1.82, 2.24) is 14.5 Å². The molecule has 0 aliphatic rings. The highest BCUT2D eigenvalue weighted by molar-refractivity contribution is 5.97. The Morgan fingerprint density at radius 1 is 0.644 bits per heavy atom. The van der Waals surface area contributed by atoms with E-state index in [2.05, 4.69) is 90.1 Å². The molecule has 0 aliphatic heterocycles. The molecule has 0 aliphatic carbocycles. The van der Waals surface area contributed by atoms with Gasteiger partial charge in [-0.15, -0.1) is 0 Å². The molecule has 0 unspecified atom stereocenters. The van der Waals surface area contributed by atoms with E-state index >= 15 is 0 Å². The molecule has 0 spiro atoms. The van der Waals surface area contributed by atoms with Crippen LogP contribution < -0.4 is 0 Å². The zero-order valence-corrected chi connectivity index (χ0v) is 35.1. The summed E-state index contributed by atoms with van der Waals surface area (Å²) in [6.45, 7) is 11.4. The Labute approximate surface area is 358 Å². The van der Waals surface area contributed by atoms with Crippen molar-refractivity contribution in [2.24, 2.45) is 0 Å². The topological polar surface area (TPSA) is 50.9 Å². The van der Waals surface area contributed by atoms with Crippen molar-refractivity contribution in [2.75, 3.05) is 0 Å². The Balaban J connectivity index is 1.47. The Kier molecular flexibility index (Phi) is 8.58. The number of fused-ring (bicyclic) bond motifs is 1. The lowest BCUT2D eigenvalue weighted by molar-refractivity contribution is 0.466. The molecule has 0 amide bonds. The molecule has 2 aromatic heterocycles. The number of nitrogens with zero attached hydrogens (tertiary/aromatic N) is 3. The molecule has 1 N–H and O–H groups in total. The number of para-hydroxylation sites is 1. The highest BCUT2D eigenvalue weighted by Gasteiger charge is 2.25. The SMILES string of the molecule is [2H]C([2H])([2H])c1cc(-n2c(-c3cc(C(C)C)cc(C(C)C)c3O)nc3c(-c4cc(-c5cc(-c6ccc(C)cc6)ccn5)cc(C(C)(C)C)c4)cccc32)cc(-c2ccccc2)c1C([2H])([2H])[2H]. The van der Waals surface area contributed by atoms with E-state index in [1.54, 1.807) is 18.2 Å². The first-order chi connectivity index (χ1) is 30.6. The first-order valence-corrected chi connectivity index (χ1v) is 20.4. The van der Waals surface area contributed by atoms with Crippen molar-refractivity contribution in [3.05, 3.63) is 167 Å². The monoisotopic (exact) mass is 779 g/mol. The number of phenols is 1. The number of pyridine rings is 1. The van der Waals surface area contributed by atoms with Crippen LogP contribution in [0, 0.1) is 20.6 Å². The minimum atomic E-state index is -2.79. The number of aromatic nitrogens is 3. The maximum absolute atomic E-state index is 12.3. The molecule has 0 saturated carbocycles. The van der Waals surface area contributed by atoms with Crippen LogP contribution in [-0.2, 0) is 5.41 Å². The Hall–Kier alpha value is -6.26. The fourth-order valence-corrected chi connectivity index (χ4v) is 7.88. The van der Waals surface area contributed by atoms with E-state index in [-0.39, 0.29) is 39.7 Å². The number of hydrogen-bond donors (Lipinski definition) is 1. The van der Waals surface area contributed by atoms with Gasteiger partial charge in [0.2, 0.25) is 0 Å². The largest absolute Gasteiger partial charge is 0.507 e. The van der Waals surface area contributed by atoms with E-state index in [0.717, 1.165) is 50.2 Å². The van der Waals surface area contributed by atoms with Crippen LogP contribution in [0.2, 0.25) is 0 Å². The van der Waals surface area contributed by atoms with Gasteiger partial charge in [-0.2, -0.15) is 0 Å². The summed E-state index contributed by atoms with van der Waals surface area (Å²) in [7, 11) is 0. The van der Waals surface area contributed by atoms with Gasteiger partial charge in [0.05, 0.1) is 22.3 Å². The summed E-state index contributed by atoms with van der Waals surface area (Å²) in [6, 6.07) is 41.4. The molecule has 8 rings (SSSR count). The Morgan fingerprint density at radius 3 is 2.10 bits per heavy atom. The van der Waals surface area contributed by atoms with Gasteiger partial charge in [0.25, 0.3) is 0 Å². The van der Waals surface area contributed by atoms with E-state index in [0.29, 0.717) is 33.7 Å². The molecule has 0 atom stereocenters. The summed E-state index contributed by atoms with van der Waals surface area (Å²) in [5.74, 6) is 0.564. The standard InChI is InChI=1S/C55H55N3O/c1-33(2)41-29-47(34(3)4)53(59)49(30-41)54-57-52-46(17-14-18-51(52)58(54)45-25-36(6)37(7)48(32-45)39-15-12-11-13-16-39)42-26-43(28-44(27-42)55(8,9)10)50-31-40(23-24-56-50)38-21-19-35(5)20-22-38/h11-34,59H,1-10H3/i6D3,7D3. The lowest BCUT2D eigenvalue weighted by Crippen LogP contribution is -2.11. The number of aryl methyl sites for hydroxylation is 2. The average Bonchev–Trinajstić information content (AvgIpc) is 3.65. The van der Waals surface area contributed by atoms with Crippen molar-refractivity contribution >= 4 is 11.0 Å². The molecule has 0 bridgehead atoms. The van der Waals surface area contributed by atoms with Gasteiger partial charge < -0.3 is 5.11 Å². The lowest BCUT2D eigenvalue weighted by atomic mass is 9.83. The summed E-state index contributed by atoms with van der Waals surface area (Å²) in [5, 5.41) is 12.3. The van der Waals surface area contributed by atoms with E-state index in [1.807, 2.05) is 79.2 Å². The van der Waals surface area contributed by atoms with E-state index in [9.17, 15) is 5.11 Å². The first-order valence-electron chi connectivity index (χ1n) is 23.4. The molecule has 2 heterocycles. The van der Waals surface area contributed by atoms with Crippen LogP contribution in [0.1, 0.15) is 102 Å². The van der Waals surface area contributed by atoms with Crippen LogP contribution in [0.15, 0.2) is 134 Å². The lowest BCUT2D eigenvalue weighted by Gasteiger charge is -2.22. The quantitative estimate of drug-likeness (QED) is 0.167. The summed E-state index contributed by atoms with van der Waals surface area (Å²) in [4.78, 5) is 10.3. The molecule has 4 nitrogen and oxygen atoms in total. The third kappa shape index (κ3) is 7.60. The molecule has 4 heteroatoms. The second kappa shape index (κ2) is 15.5. The van der Waals surface area contributed by atoms with Crippen LogP contribution in [0.4, 0.5) is 0 Å². The summed E-state index contributed by atoms with van der Waals surface area (Å²) < 4.78 is 54.0. The van der Waals surface area contributed by atoms with Gasteiger partial charge in [0.1, 0.15) is 11.6 Å². The number of hydrogen-bond acceptors (Lipinski definition) is 3. The predicted molar refractivity (Wildman–Crippen MR) is 249 cm³/mol. The second-order valence-corrected chi connectivity index (χ2v) is 17.4. The number of rotatable bonds is 8. The smallest absolute Gasteiger partial charge is 0.149 e. The number of phenolic OH excluding ortho intramolecular Hbond substituents is 1. The van der Waals surface area contributed by atoms with Crippen molar-refractivity contribution in [3.63, 3.8) is 0 Å². The minimum Gasteiger partial charge on any atom is -0.507 e. The average molecular weight is 780 g/mol. The normalized spacial score (nSPS) is 13.9. The van der Waals surface area contributed by atoms with Gasteiger partial charge in [-0.1, -0.05) is 133 Å². The van der Waals surface area contributed by atoms with Crippen LogP contribution in [-0.4, -0.2) is 19.6 Å². The highest BCUT2D eigenvalue weighted by atomic mass is 16.3. The van der Waals surface area contributed by atoms with Gasteiger partial charge in [0.15, 0.2) is 0 Å². The molecule has 296 valence electrons. The van der Waals surface area contributed by atoms with Gasteiger partial charge in [-0.05, 0) is 142 Å². The number of imidazole rings is 1. The maximum Gasteiger partial charge on any atom is 0.149 e. The molecule has 0 saturated heterocycles. The molecule has 59 heavy (non-hydrogen) atoms. The fourth-order valence-electron chi connectivity index (χ4n) is 7.88. The molecular weight excluding hydrogens is 719 g/mol.